The van der Waals surface area contributed by atoms with Gasteiger partial charge in [0.15, 0.2) is 6.10 Å². The Kier molecular flexibility index (Phi) is 8.42. The van der Waals surface area contributed by atoms with Gasteiger partial charge in [-0.15, -0.1) is 12.4 Å². The standard InChI is InChI=1S/C22H22F6N2O2.ClH/c23-21(24,25)16-10-14(11-17(12-16)22(26,27)28)18(19(29)31)32-13-20(6-8-30-9-7-20)15-4-2-1-3-5-15;/h1-5,10-12,18,30H,6-9,13H2,(H2,29,31);1H. The molecule has 3 N–H and O–H groups in total. The highest BCUT2D eigenvalue weighted by molar-refractivity contribution is 5.85. The molecule has 2 aromatic carbocycles. The summed E-state index contributed by atoms with van der Waals surface area (Å²) in [6.45, 7) is 1.19. The van der Waals surface area contributed by atoms with Crippen molar-refractivity contribution in [3.8, 4) is 0 Å². The van der Waals surface area contributed by atoms with Crippen LogP contribution in [0, 0.1) is 0 Å². The Morgan fingerprint density at radius 2 is 1.48 bits per heavy atom. The smallest absolute Gasteiger partial charge is 0.367 e. The molecule has 1 amide bonds. The highest BCUT2D eigenvalue weighted by Gasteiger charge is 2.40. The number of amides is 1. The van der Waals surface area contributed by atoms with Gasteiger partial charge in [-0.1, -0.05) is 30.3 Å². The number of benzene rings is 2. The fraction of sp³-hybridized carbons (Fsp3) is 0.409. The SMILES string of the molecule is Cl.NC(=O)C(OCC1(c2ccccc2)CCNCC1)c1cc(C(F)(F)F)cc(C(F)(F)F)c1. The molecule has 4 nitrogen and oxygen atoms in total. The lowest BCUT2D eigenvalue weighted by Gasteiger charge is -2.38. The van der Waals surface area contributed by atoms with Gasteiger partial charge < -0.3 is 15.8 Å². The molecule has 0 bridgehead atoms. The van der Waals surface area contributed by atoms with E-state index >= 15 is 0 Å². The van der Waals surface area contributed by atoms with Gasteiger partial charge in [-0.3, -0.25) is 4.79 Å². The first-order chi connectivity index (χ1) is 14.9. The quantitative estimate of drug-likeness (QED) is 0.553. The van der Waals surface area contributed by atoms with Gasteiger partial charge in [0.1, 0.15) is 0 Å². The van der Waals surface area contributed by atoms with Crippen molar-refractivity contribution >= 4 is 18.3 Å². The second-order valence-electron chi connectivity index (χ2n) is 7.83. The molecule has 0 aromatic heterocycles. The molecule has 11 heteroatoms. The minimum Gasteiger partial charge on any atom is -0.367 e. The number of nitrogens with two attached hydrogens (primary N) is 1. The molecule has 1 fully saturated rings. The molecule has 1 saturated heterocycles. The maximum absolute atomic E-state index is 13.2. The van der Waals surface area contributed by atoms with E-state index in [2.05, 4.69) is 5.32 Å². The molecule has 0 radical (unpaired) electrons. The number of primary amides is 1. The summed E-state index contributed by atoms with van der Waals surface area (Å²) in [5, 5.41) is 3.20. The fourth-order valence-corrected chi connectivity index (χ4v) is 3.93. The Hall–Kier alpha value is -2.30. The summed E-state index contributed by atoms with van der Waals surface area (Å²) >= 11 is 0. The Labute approximate surface area is 192 Å². The molecule has 0 spiro atoms. The predicted octanol–water partition coefficient (Wildman–Crippen LogP) is 5.01. The van der Waals surface area contributed by atoms with Crippen LogP contribution in [0.4, 0.5) is 26.3 Å². The molecular formula is C22H23ClF6N2O2. The fourth-order valence-electron chi connectivity index (χ4n) is 3.93. The van der Waals surface area contributed by atoms with Crippen LogP contribution >= 0.6 is 12.4 Å². The Balaban J connectivity index is 0.00000385. The highest BCUT2D eigenvalue weighted by atomic mass is 35.5. The van der Waals surface area contributed by atoms with E-state index in [1.807, 2.05) is 30.3 Å². The van der Waals surface area contributed by atoms with Crippen molar-refractivity contribution in [2.45, 2.75) is 36.7 Å². The van der Waals surface area contributed by atoms with Crippen LogP contribution in [0.1, 0.15) is 41.2 Å². The predicted molar refractivity (Wildman–Crippen MR) is 112 cm³/mol. The summed E-state index contributed by atoms with van der Waals surface area (Å²) in [5.74, 6) is -1.17. The van der Waals surface area contributed by atoms with Crippen LogP contribution < -0.4 is 11.1 Å². The van der Waals surface area contributed by atoms with Crippen LogP contribution in [-0.4, -0.2) is 25.6 Å². The minimum atomic E-state index is -5.04. The molecule has 182 valence electrons. The molecule has 3 rings (SSSR count). The number of carbonyl (C=O) groups is 1. The van der Waals surface area contributed by atoms with E-state index in [1.54, 1.807) is 0 Å². The minimum absolute atomic E-state index is 0. The number of hydrogen-bond donors (Lipinski definition) is 2. The lowest BCUT2D eigenvalue weighted by Crippen LogP contribution is -2.44. The van der Waals surface area contributed by atoms with E-state index < -0.39 is 46.5 Å². The molecule has 1 unspecified atom stereocenters. The lowest BCUT2D eigenvalue weighted by atomic mass is 9.74. The number of piperidine rings is 1. The van der Waals surface area contributed by atoms with Gasteiger partial charge >= 0.3 is 12.4 Å². The number of carbonyl (C=O) groups excluding carboxylic acids is 1. The summed E-state index contributed by atoms with van der Waals surface area (Å²) in [4.78, 5) is 12.1. The largest absolute Gasteiger partial charge is 0.416 e. The number of nitrogens with one attached hydrogen (secondary N) is 1. The zero-order valence-electron chi connectivity index (χ0n) is 17.3. The summed E-state index contributed by atoms with van der Waals surface area (Å²) in [7, 11) is 0. The third-order valence-corrected chi connectivity index (χ3v) is 5.64. The summed E-state index contributed by atoms with van der Waals surface area (Å²) in [6, 6.07) is 10.2. The molecule has 1 heterocycles. The third kappa shape index (κ3) is 6.39. The second-order valence-corrected chi connectivity index (χ2v) is 7.83. The maximum Gasteiger partial charge on any atom is 0.416 e. The first-order valence-electron chi connectivity index (χ1n) is 9.89. The number of halogens is 7. The van der Waals surface area contributed by atoms with Crippen molar-refractivity contribution in [3.05, 3.63) is 70.8 Å². The first kappa shape index (κ1) is 26.9. The van der Waals surface area contributed by atoms with E-state index in [0.717, 1.165) is 5.56 Å². The molecule has 1 aliphatic rings. The average Bonchev–Trinajstić information content (AvgIpc) is 2.73. The Morgan fingerprint density at radius 1 is 0.970 bits per heavy atom. The summed E-state index contributed by atoms with van der Waals surface area (Å²) in [5.41, 5.74) is 2.04. The Morgan fingerprint density at radius 3 is 1.94 bits per heavy atom. The lowest BCUT2D eigenvalue weighted by molar-refractivity contribution is -0.144. The highest BCUT2D eigenvalue weighted by Crippen LogP contribution is 2.39. The first-order valence-corrected chi connectivity index (χ1v) is 9.89. The number of alkyl halides is 6. The molecule has 33 heavy (non-hydrogen) atoms. The van der Waals surface area contributed by atoms with Crippen LogP contribution in [0.5, 0.6) is 0 Å². The van der Waals surface area contributed by atoms with Crippen LogP contribution in [0.3, 0.4) is 0 Å². The van der Waals surface area contributed by atoms with E-state index in [4.69, 9.17) is 10.5 Å². The van der Waals surface area contributed by atoms with Crippen LogP contribution in [-0.2, 0) is 27.3 Å². The maximum atomic E-state index is 13.2. The topological polar surface area (TPSA) is 64.4 Å². The van der Waals surface area contributed by atoms with E-state index in [1.165, 1.54) is 0 Å². The number of hydrogen-bond acceptors (Lipinski definition) is 3. The Bertz CT molecular complexity index is 912. The van der Waals surface area contributed by atoms with Crippen molar-refractivity contribution in [2.24, 2.45) is 5.73 Å². The van der Waals surface area contributed by atoms with Gasteiger partial charge in [-0.25, -0.2) is 0 Å². The summed E-state index contributed by atoms with van der Waals surface area (Å²) in [6.07, 6.45) is -10.6. The van der Waals surface area contributed by atoms with Crippen LogP contribution in [0.25, 0.3) is 0 Å². The van der Waals surface area contributed by atoms with Gasteiger partial charge in [0.2, 0.25) is 0 Å². The molecule has 0 aliphatic carbocycles. The van der Waals surface area contributed by atoms with Crippen LogP contribution in [0.2, 0.25) is 0 Å². The molecule has 1 atom stereocenters. The zero-order valence-corrected chi connectivity index (χ0v) is 18.1. The third-order valence-electron chi connectivity index (χ3n) is 5.64. The van der Waals surface area contributed by atoms with Crippen molar-refractivity contribution < 1.29 is 35.9 Å². The number of ether oxygens (including phenoxy) is 1. The number of rotatable bonds is 6. The van der Waals surface area contributed by atoms with Gasteiger partial charge in [0, 0.05) is 5.41 Å². The molecule has 0 saturated carbocycles. The van der Waals surface area contributed by atoms with Crippen LogP contribution in [0.15, 0.2) is 48.5 Å². The molecule has 2 aromatic rings. The zero-order chi connectivity index (χ0) is 23.6. The molecule has 1 aliphatic heterocycles. The van der Waals surface area contributed by atoms with Crippen molar-refractivity contribution in [2.75, 3.05) is 19.7 Å². The van der Waals surface area contributed by atoms with Crippen molar-refractivity contribution in [1.82, 2.24) is 5.32 Å². The van der Waals surface area contributed by atoms with E-state index in [9.17, 15) is 31.1 Å². The normalized spacial score (nSPS) is 17.2. The van der Waals surface area contributed by atoms with Gasteiger partial charge in [0.05, 0.1) is 17.7 Å². The molecular weight excluding hydrogens is 474 g/mol. The van der Waals surface area contributed by atoms with Gasteiger partial charge in [-0.2, -0.15) is 26.3 Å². The van der Waals surface area contributed by atoms with Crippen molar-refractivity contribution in [3.63, 3.8) is 0 Å². The van der Waals surface area contributed by atoms with Crippen molar-refractivity contribution in [1.29, 1.82) is 0 Å². The summed E-state index contributed by atoms with van der Waals surface area (Å²) < 4.78 is 85.1. The van der Waals surface area contributed by atoms with Gasteiger partial charge in [-0.05, 0) is 55.3 Å². The average molecular weight is 497 g/mol. The second kappa shape index (κ2) is 10.3. The van der Waals surface area contributed by atoms with E-state index in [0.29, 0.717) is 38.1 Å². The van der Waals surface area contributed by atoms with Gasteiger partial charge in [0.25, 0.3) is 5.91 Å². The monoisotopic (exact) mass is 496 g/mol. The van der Waals surface area contributed by atoms with E-state index in [-0.39, 0.29) is 25.1 Å².